The topological polar surface area (TPSA) is 21.3 Å². The molecule has 17 heavy (non-hydrogen) atoms. The molecule has 0 bridgehead atoms. The van der Waals surface area contributed by atoms with E-state index in [1.807, 2.05) is 5.38 Å². The van der Waals surface area contributed by atoms with Crippen LogP contribution >= 0.6 is 11.3 Å². The molecule has 0 spiro atoms. The Balaban J connectivity index is 2.13. The molecule has 1 aromatic heterocycles. The van der Waals surface area contributed by atoms with Gasteiger partial charge in [0, 0.05) is 17.8 Å². The minimum atomic E-state index is -0.346. The number of nitrogens with one attached hydrogen (secondary N) is 1. The van der Waals surface area contributed by atoms with E-state index >= 15 is 0 Å². The van der Waals surface area contributed by atoms with Crippen molar-refractivity contribution >= 4 is 17.0 Å². The lowest BCUT2D eigenvalue weighted by Crippen LogP contribution is -2.05. The lowest BCUT2D eigenvalue weighted by Gasteiger charge is -2.15. The Bertz CT molecular complexity index is 484. The van der Waals surface area contributed by atoms with Gasteiger partial charge >= 0.3 is 0 Å². The van der Waals surface area contributed by atoms with Crippen molar-refractivity contribution in [1.82, 2.24) is 0 Å². The number of thiophene rings is 1. The lowest BCUT2D eigenvalue weighted by molar-refractivity contribution is 0.387. The highest BCUT2D eigenvalue weighted by molar-refractivity contribution is 7.07. The van der Waals surface area contributed by atoms with Crippen molar-refractivity contribution in [3.05, 3.63) is 46.4 Å². The molecule has 0 fully saturated rings. The first-order valence-electron chi connectivity index (χ1n) is 5.33. The number of benzene rings is 1. The summed E-state index contributed by atoms with van der Waals surface area (Å²) < 4.78 is 18.2. The Morgan fingerprint density at radius 1 is 1.35 bits per heavy atom. The summed E-state index contributed by atoms with van der Waals surface area (Å²) in [7, 11) is 1.46. The Kier molecular flexibility index (Phi) is 3.64. The van der Waals surface area contributed by atoms with Gasteiger partial charge in [0.1, 0.15) is 0 Å². The second-order valence-electron chi connectivity index (χ2n) is 3.77. The molecule has 1 N–H and O–H groups in total. The van der Waals surface area contributed by atoms with Crippen LogP contribution in [0.1, 0.15) is 18.5 Å². The highest BCUT2D eigenvalue weighted by Crippen LogP contribution is 2.25. The van der Waals surface area contributed by atoms with Crippen LogP contribution in [0.25, 0.3) is 0 Å². The molecular weight excluding hydrogens is 237 g/mol. The number of hydrogen-bond acceptors (Lipinski definition) is 3. The van der Waals surface area contributed by atoms with Crippen molar-refractivity contribution in [3.63, 3.8) is 0 Å². The monoisotopic (exact) mass is 251 g/mol. The summed E-state index contributed by atoms with van der Waals surface area (Å²) in [6, 6.07) is 7.04. The van der Waals surface area contributed by atoms with Crippen molar-refractivity contribution in [2.45, 2.75) is 13.0 Å². The van der Waals surface area contributed by atoms with Gasteiger partial charge in [-0.1, -0.05) is 0 Å². The van der Waals surface area contributed by atoms with Gasteiger partial charge in [0.15, 0.2) is 11.6 Å². The third-order valence-electron chi connectivity index (χ3n) is 2.58. The van der Waals surface area contributed by atoms with Gasteiger partial charge in [-0.05, 0) is 41.4 Å². The van der Waals surface area contributed by atoms with Crippen LogP contribution in [0, 0.1) is 5.82 Å². The standard InChI is InChI=1S/C13H14FNOS/c1-9(10-5-6-17-8-10)15-11-3-4-12(14)13(7-11)16-2/h3-9,15H,1-2H3. The number of halogens is 1. The molecule has 1 aromatic carbocycles. The zero-order valence-electron chi connectivity index (χ0n) is 9.74. The molecule has 0 aliphatic carbocycles. The first-order chi connectivity index (χ1) is 8.20. The number of rotatable bonds is 4. The van der Waals surface area contributed by atoms with Crippen LogP contribution in [0.15, 0.2) is 35.0 Å². The van der Waals surface area contributed by atoms with Gasteiger partial charge in [-0.25, -0.2) is 4.39 Å². The summed E-state index contributed by atoms with van der Waals surface area (Å²) in [4.78, 5) is 0. The molecule has 1 unspecified atom stereocenters. The SMILES string of the molecule is COc1cc(NC(C)c2ccsc2)ccc1F. The molecule has 0 aliphatic rings. The molecule has 0 radical (unpaired) electrons. The van der Waals surface area contributed by atoms with Crippen molar-refractivity contribution in [2.75, 3.05) is 12.4 Å². The Labute approximate surface area is 104 Å². The summed E-state index contributed by atoms with van der Waals surface area (Å²) in [6.45, 7) is 2.07. The fraction of sp³-hybridized carbons (Fsp3) is 0.231. The van der Waals surface area contributed by atoms with Crippen molar-refractivity contribution in [2.24, 2.45) is 0 Å². The van der Waals surface area contributed by atoms with E-state index in [1.165, 1.54) is 18.7 Å². The molecule has 0 saturated heterocycles. The van der Waals surface area contributed by atoms with E-state index in [4.69, 9.17) is 4.74 Å². The van der Waals surface area contributed by atoms with Crippen molar-refractivity contribution in [3.8, 4) is 5.75 Å². The zero-order valence-corrected chi connectivity index (χ0v) is 10.6. The van der Waals surface area contributed by atoms with Crippen LogP contribution in [0.3, 0.4) is 0 Å². The van der Waals surface area contributed by atoms with Crippen LogP contribution in [0.5, 0.6) is 5.75 Å². The van der Waals surface area contributed by atoms with Crippen LogP contribution in [-0.4, -0.2) is 7.11 Å². The predicted molar refractivity (Wildman–Crippen MR) is 69.3 cm³/mol. The van der Waals surface area contributed by atoms with Gasteiger partial charge < -0.3 is 10.1 Å². The summed E-state index contributed by atoms with van der Waals surface area (Å²) in [5, 5.41) is 7.44. The molecule has 4 heteroatoms. The number of hydrogen-bond donors (Lipinski definition) is 1. The highest BCUT2D eigenvalue weighted by Gasteiger charge is 2.08. The number of methoxy groups -OCH3 is 1. The molecule has 0 saturated carbocycles. The molecule has 1 heterocycles. The lowest BCUT2D eigenvalue weighted by atomic mass is 10.1. The maximum atomic E-state index is 13.2. The number of ether oxygens (including phenoxy) is 1. The minimum Gasteiger partial charge on any atom is -0.494 e. The van der Waals surface area contributed by atoms with E-state index in [9.17, 15) is 4.39 Å². The Hall–Kier alpha value is -1.55. The molecule has 1 atom stereocenters. The normalized spacial score (nSPS) is 12.2. The van der Waals surface area contributed by atoms with Crippen LogP contribution in [0.4, 0.5) is 10.1 Å². The molecule has 90 valence electrons. The average Bonchev–Trinajstić information content (AvgIpc) is 2.85. The van der Waals surface area contributed by atoms with Crippen molar-refractivity contribution < 1.29 is 9.13 Å². The quantitative estimate of drug-likeness (QED) is 0.884. The predicted octanol–water partition coefficient (Wildman–Crippen LogP) is 4.07. The second kappa shape index (κ2) is 5.19. The van der Waals surface area contributed by atoms with E-state index < -0.39 is 0 Å². The third-order valence-corrected chi connectivity index (χ3v) is 3.28. The smallest absolute Gasteiger partial charge is 0.165 e. The maximum Gasteiger partial charge on any atom is 0.165 e. The molecule has 2 aromatic rings. The first kappa shape index (κ1) is 11.9. The van der Waals surface area contributed by atoms with Crippen LogP contribution in [-0.2, 0) is 0 Å². The molecule has 0 aliphatic heterocycles. The second-order valence-corrected chi connectivity index (χ2v) is 4.55. The Morgan fingerprint density at radius 3 is 2.82 bits per heavy atom. The summed E-state index contributed by atoms with van der Waals surface area (Å²) in [5.41, 5.74) is 2.07. The van der Waals surface area contributed by atoms with E-state index in [2.05, 4.69) is 23.7 Å². The first-order valence-corrected chi connectivity index (χ1v) is 6.27. The van der Waals surface area contributed by atoms with Gasteiger partial charge in [0.25, 0.3) is 0 Å². The maximum absolute atomic E-state index is 13.2. The van der Waals surface area contributed by atoms with Gasteiger partial charge in [-0.2, -0.15) is 11.3 Å². The van der Waals surface area contributed by atoms with Gasteiger partial charge in [-0.3, -0.25) is 0 Å². The fourth-order valence-corrected chi connectivity index (χ4v) is 2.36. The van der Waals surface area contributed by atoms with Gasteiger partial charge in [0.2, 0.25) is 0 Å². The average molecular weight is 251 g/mol. The molecular formula is C13H14FNOS. The van der Waals surface area contributed by atoms with E-state index in [1.54, 1.807) is 23.5 Å². The van der Waals surface area contributed by atoms with Crippen LogP contribution < -0.4 is 10.1 Å². The van der Waals surface area contributed by atoms with Crippen LogP contribution in [0.2, 0.25) is 0 Å². The molecule has 2 nitrogen and oxygen atoms in total. The highest BCUT2D eigenvalue weighted by atomic mass is 32.1. The van der Waals surface area contributed by atoms with Gasteiger partial charge in [-0.15, -0.1) is 0 Å². The minimum absolute atomic E-state index is 0.191. The summed E-state index contributed by atoms with van der Waals surface area (Å²) in [5.74, 6) is -0.0891. The van der Waals surface area contributed by atoms with E-state index in [0.717, 1.165) is 5.69 Å². The Morgan fingerprint density at radius 2 is 2.18 bits per heavy atom. The van der Waals surface area contributed by atoms with E-state index in [-0.39, 0.29) is 17.6 Å². The van der Waals surface area contributed by atoms with E-state index in [0.29, 0.717) is 0 Å². The third kappa shape index (κ3) is 2.77. The fourth-order valence-electron chi connectivity index (χ4n) is 1.60. The summed E-state index contributed by atoms with van der Waals surface area (Å²) in [6.07, 6.45) is 0. The number of anilines is 1. The largest absolute Gasteiger partial charge is 0.494 e. The molecule has 0 amide bonds. The zero-order chi connectivity index (χ0) is 12.3. The molecule has 2 rings (SSSR count). The van der Waals surface area contributed by atoms with Gasteiger partial charge in [0.05, 0.1) is 7.11 Å². The van der Waals surface area contributed by atoms with Crippen molar-refractivity contribution in [1.29, 1.82) is 0 Å². The summed E-state index contributed by atoms with van der Waals surface area (Å²) >= 11 is 1.66.